The second-order valence-electron chi connectivity index (χ2n) is 10.5. The summed E-state index contributed by atoms with van der Waals surface area (Å²) in [6, 6.07) is 6.22. The second kappa shape index (κ2) is 15.2. The number of benzene rings is 2. The molecule has 2 aromatic carbocycles. The minimum Gasteiger partial charge on any atom is -0.386 e. The average molecular weight is 553 g/mol. The van der Waals surface area contributed by atoms with E-state index in [1.807, 2.05) is 27.7 Å². The zero-order valence-corrected chi connectivity index (χ0v) is 24.8. The third-order valence-corrected chi connectivity index (χ3v) is 5.89. The van der Waals surface area contributed by atoms with Crippen molar-refractivity contribution in [2.45, 2.75) is 79.4 Å². The van der Waals surface area contributed by atoms with Crippen molar-refractivity contribution in [3.8, 4) is 0 Å². The van der Waals surface area contributed by atoms with Crippen molar-refractivity contribution in [1.82, 2.24) is 9.80 Å². The van der Waals surface area contributed by atoms with Gasteiger partial charge in [0.1, 0.15) is 5.82 Å². The van der Waals surface area contributed by atoms with Crippen molar-refractivity contribution in [3.05, 3.63) is 58.9 Å². The molecule has 0 saturated carbocycles. The van der Waals surface area contributed by atoms with Gasteiger partial charge in [0, 0.05) is 12.1 Å². The molecular weight excluding hydrogens is 505 g/mol. The lowest BCUT2D eigenvalue weighted by Crippen LogP contribution is -2.61. The lowest BCUT2D eigenvalue weighted by Gasteiger charge is -2.44. The zero-order chi connectivity index (χ0) is 30.0. The van der Waals surface area contributed by atoms with Crippen LogP contribution in [0.4, 0.5) is 24.5 Å². The van der Waals surface area contributed by atoms with Gasteiger partial charge < -0.3 is 26.0 Å². The molecule has 2 heterocycles. The SMILES string of the molecule is CC.CC.CC(C)(N)CN1CCCC1.Cc1ccc(Nc2c(C(=O)N3CC(C)(O)C3)ccc(F)c2F)c(F)c1. The highest BCUT2D eigenvalue weighted by Gasteiger charge is 2.40. The summed E-state index contributed by atoms with van der Waals surface area (Å²) in [6.45, 7) is 19.2. The third-order valence-electron chi connectivity index (χ3n) is 5.89. The molecule has 2 aliphatic heterocycles. The number of likely N-dealkylation sites (tertiary alicyclic amines) is 2. The van der Waals surface area contributed by atoms with E-state index in [-0.39, 0.29) is 29.9 Å². The van der Waals surface area contributed by atoms with Crippen LogP contribution in [0.2, 0.25) is 0 Å². The van der Waals surface area contributed by atoms with Crippen LogP contribution in [0.5, 0.6) is 0 Å². The number of hydrogen-bond donors (Lipinski definition) is 3. The van der Waals surface area contributed by atoms with Gasteiger partial charge in [-0.15, -0.1) is 0 Å². The first kappa shape index (κ1) is 34.4. The smallest absolute Gasteiger partial charge is 0.256 e. The molecular formula is C30H47F3N4O2. The number of hydrogen-bond acceptors (Lipinski definition) is 5. The number of aryl methyl sites for hydroxylation is 1. The molecule has 0 radical (unpaired) electrons. The third kappa shape index (κ3) is 10.5. The predicted octanol–water partition coefficient (Wildman–Crippen LogP) is 6.23. The van der Waals surface area contributed by atoms with Gasteiger partial charge >= 0.3 is 0 Å². The van der Waals surface area contributed by atoms with Gasteiger partial charge in [-0.2, -0.15) is 0 Å². The molecule has 0 aliphatic carbocycles. The minimum absolute atomic E-state index is 0.00958. The van der Waals surface area contributed by atoms with E-state index >= 15 is 0 Å². The maximum atomic E-state index is 14.3. The van der Waals surface area contributed by atoms with Crippen LogP contribution in [0.15, 0.2) is 30.3 Å². The van der Waals surface area contributed by atoms with Gasteiger partial charge in [0.2, 0.25) is 0 Å². The zero-order valence-electron chi connectivity index (χ0n) is 24.8. The van der Waals surface area contributed by atoms with Crippen LogP contribution < -0.4 is 11.1 Å². The molecule has 2 aliphatic rings. The number of nitrogens with two attached hydrogens (primary N) is 1. The van der Waals surface area contributed by atoms with E-state index in [1.165, 1.54) is 43.0 Å². The Morgan fingerprint density at radius 2 is 1.59 bits per heavy atom. The summed E-state index contributed by atoms with van der Waals surface area (Å²) in [5.74, 6) is -3.63. The summed E-state index contributed by atoms with van der Waals surface area (Å²) in [5, 5.41) is 12.2. The van der Waals surface area contributed by atoms with Crippen LogP contribution in [-0.4, -0.2) is 64.7 Å². The molecule has 1 amide bonds. The van der Waals surface area contributed by atoms with Gasteiger partial charge in [-0.25, -0.2) is 13.2 Å². The molecule has 2 fully saturated rings. The number of halogens is 3. The lowest BCUT2D eigenvalue weighted by atomic mass is 9.95. The van der Waals surface area contributed by atoms with Gasteiger partial charge in [-0.3, -0.25) is 4.79 Å². The first-order valence-corrected chi connectivity index (χ1v) is 13.8. The standard InChI is InChI=1S/C18H17F3N2O2.C8H18N2.2C2H6/c1-10-3-6-14(13(20)7-10)22-16-11(4-5-12(19)15(16)21)17(24)23-8-18(2,25)9-23;1-8(2,9)7-10-5-3-4-6-10;2*1-2/h3-7,22,25H,8-9H2,1-2H3;3-7,9H2,1-2H3;2*1-2H3. The molecule has 6 nitrogen and oxygen atoms in total. The normalized spacial score (nSPS) is 16.0. The van der Waals surface area contributed by atoms with Gasteiger partial charge in [-0.1, -0.05) is 33.8 Å². The largest absolute Gasteiger partial charge is 0.386 e. The molecule has 2 saturated heterocycles. The summed E-state index contributed by atoms with van der Waals surface area (Å²) in [5.41, 5.74) is 4.91. The Morgan fingerprint density at radius 3 is 2.08 bits per heavy atom. The Labute approximate surface area is 232 Å². The Morgan fingerprint density at radius 1 is 1.03 bits per heavy atom. The van der Waals surface area contributed by atoms with Crippen molar-refractivity contribution >= 4 is 17.3 Å². The fourth-order valence-electron chi connectivity index (χ4n) is 4.31. The van der Waals surface area contributed by atoms with Gasteiger partial charge in [0.05, 0.1) is 35.6 Å². The molecule has 0 bridgehead atoms. The maximum Gasteiger partial charge on any atom is 0.256 e. The number of amides is 1. The van der Waals surface area contributed by atoms with Crippen LogP contribution >= 0.6 is 0 Å². The van der Waals surface area contributed by atoms with Crippen LogP contribution in [0, 0.1) is 24.4 Å². The van der Waals surface area contributed by atoms with Crippen molar-refractivity contribution in [2.24, 2.45) is 5.73 Å². The number of rotatable bonds is 5. The van der Waals surface area contributed by atoms with Crippen LogP contribution in [0.25, 0.3) is 0 Å². The summed E-state index contributed by atoms with van der Waals surface area (Å²) < 4.78 is 41.9. The van der Waals surface area contributed by atoms with Crippen molar-refractivity contribution in [2.75, 3.05) is 38.0 Å². The molecule has 220 valence electrons. The highest BCUT2D eigenvalue weighted by atomic mass is 19.2. The number of aliphatic hydroxyl groups is 1. The fourth-order valence-corrected chi connectivity index (χ4v) is 4.31. The molecule has 0 aromatic heterocycles. The van der Waals surface area contributed by atoms with Crippen molar-refractivity contribution in [3.63, 3.8) is 0 Å². The second-order valence-corrected chi connectivity index (χ2v) is 10.5. The molecule has 0 atom stereocenters. The van der Waals surface area contributed by atoms with Crippen molar-refractivity contribution < 1.29 is 23.1 Å². The van der Waals surface area contributed by atoms with E-state index in [2.05, 4.69) is 24.1 Å². The minimum atomic E-state index is -1.27. The van der Waals surface area contributed by atoms with Crippen LogP contribution in [0.3, 0.4) is 0 Å². The number of carbonyl (C=O) groups excluding carboxylic acids is 1. The van der Waals surface area contributed by atoms with Crippen LogP contribution in [0.1, 0.15) is 77.2 Å². The van der Waals surface area contributed by atoms with Gasteiger partial charge in [0.15, 0.2) is 11.6 Å². The first-order chi connectivity index (χ1) is 18.3. The summed E-state index contributed by atoms with van der Waals surface area (Å²) in [6.07, 6.45) is 2.71. The maximum absolute atomic E-state index is 14.3. The van der Waals surface area contributed by atoms with E-state index < -0.39 is 34.6 Å². The fraction of sp³-hybridized carbons (Fsp3) is 0.567. The predicted molar refractivity (Wildman–Crippen MR) is 154 cm³/mol. The molecule has 0 spiro atoms. The number of anilines is 2. The Bertz CT molecular complexity index is 1060. The quantitative estimate of drug-likeness (QED) is 0.409. The van der Waals surface area contributed by atoms with E-state index in [0.29, 0.717) is 5.56 Å². The molecule has 4 N–H and O–H groups in total. The first-order valence-electron chi connectivity index (χ1n) is 13.8. The van der Waals surface area contributed by atoms with Gasteiger partial charge in [0.25, 0.3) is 5.91 Å². The van der Waals surface area contributed by atoms with E-state index in [0.717, 1.165) is 18.7 Å². The molecule has 39 heavy (non-hydrogen) atoms. The van der Waals surface area contributed by atoms with Gasteiger partial charge in [-0.05, 0) is 83.5 Å². The Hall–Kier alpha value is -2.62. The highest BCUT2D eigenvalue weighted by Crippen LogP contribution is 2.31. The van der Waals surface area contributed by atoms with E-state index in [9.17, 15) is 23.1 Å². The Kier molecular flexibility index (Phi) is 13.4. The van der Waals surface area contributed by atoms with E-state index in [4.69, 9.17) is 5.73 Å². The van der Waals surface area contributed by atoms with Crippen molar-refractivity contribution in [1.29, 1.82) is 0 Å². The topological polar surface area (TPSA) is 81.8 Å². The summed E-state index contributed by atoms with van der Waals surface area (Å²) >= 11 is 0. The summed E-state index contributed by atoms with van der Waals surface area (Å²) in [4.78, 5) is 16.3. The molecule has 9 heteroatoms. The lowest BCUT2D eigenvalue weighted by molar-refractivity contribution is -0.0668. The Balaban J connectivity index is 0.000000454. The van der Waals surface area contributed by atoms with Crippen LogP contribution in [-0.2, 0) is 0 Å². The average Bonchev–Trinajstić information content (AvgIpc) is 3.36. The number of β-amino-alcohol motifs (C(OH)–C–C–N with tert-alkyl or cyclic N) is 1. The van der Waals surface area contributed by atoms with E-state index in [1.54, 1.807) is 19.9 Å². The molecule has 2 aromatic rings. The number of nitrogens with zero attached hydrogens (tertiary/aromatic N) is 2. The monoisotopic (exact) mass is 552 g/mol. The molecule has 0 unspecified atom stereocenters. The number of nitrogens with one attached hydrogen (secondary N) is 1. The highest BCUT2D eigenvalue weighted by molar-refractivity contribution is 6.01. The summed E-state index contributed by atoms with van der Waals surface area (Å²) in [7, 11) is 0. The molecule has 4 rings (SSSR count). The number of carbonyl (C=O) groups is 1.